The number of hydrogen-bond donors (Lipinski definition) is 2. The van der Waals surface area contributed by atoms with Gasteiger partial charge in [0.1, 0.15) is 11.3 Å². The highest BCUT2D eigenvalue weighted by Crippen LogP contribution is 2.33. The van der Waals surface area contributed by atoms with E-state index >= 15 is 0 Å². The van der Waals surface area contributed by atoms with E-state index in [2.05, 4.69) is 43.3 Å². The van der Waals surface area contributed by atoms with Crippen molar-refractivity contribution < 1.29 is 9.15 Å². The van der Waals surface area contributed by atoms with Crippen LogP contribution in [0.4, 0.5) is 11.5 Å². The second-order valence-corrected chi connectivity index (χ2v) is 8.62. The van der Waals surface area contributed by atoms with Gasteiger partial charge in [0.15, 0.2) is 5.58 Å². The van der Waals surface area contributed by atoms with Crippen LogP contribution in [0.5, 0.6) is 0 Å². The number of ether oxygens (including phenoxy) is 1. The Labute approximate surface area is 191 Å². The predicted molar refractivity (Wildman–Crippen MR) is 127 cm³/mol. The lowest BCUT2D eigenvalue weighted by molar-refractivity contribution is 0.122. The highest BCUT2D eigenvalue weighted by Gasteiger charge is 2.19. The molecule has 6 rings (SSSR count). The third-order valence-electron chi connectivity index (χ3n) is 6.51. The SMILES string of the molecule is Nc1ncc(-c2cnn(C3CCNCC3)c2)cc1-c1nc2cc(N3CCOCC3)ccc2o1. The molecule has 2 saturated heterocycles. The van der Waals surface area contributed by atoms with Gasteiger partial charge in [0, 0.05) is 42.3 Å². The molecule has 0 spiro atoms. The minimum Gasteiger partial charge on any atom is -0.436 e. The van der Waals surface area contributed by atoms with Crippen LogP contribution in [0.3, 0.4) is 0 Å². The van der Waals surface area contributed by atoms with Crippen molar-refractivity contribution in [3.05, 3.63) is 42.9 Å². The molecule has 0 unspecified atom stereocenters. The lowest BCUT2D eigenvalue weighted by atomic mass is 10.1. The number of aromatic nitrogens is 4. The monoisotopic (exact) mass is 445 g/mol. The Morgan fingerprint density at radius 3 is 2.73 bits per heavy atom. The molecule has 5 heterocycles. The zero-order valence-electron chi connectivity index (χ0n) is 18.4. The zero-order chi connectivity index (χ0) is 22.2. The summed E-state index contributed by atoms with van der Waals surface area (Å²) < 4.78 is 13.6. The smallest absolute Gasteiger partial charge is 0.231 e. The van der Waals surface area contributed by atoms with Gasteiger partial charge in [0.05, 0.1) is 31.0 Å². The van der Waals surface area contributed by atoms with Gasteiger partial charge in [-0.3, -0.25) is 4.68 Å². The number of nitrogens with one attached hydrogen (secondary N) is 1. The van der Waals surface area contributed by atoms with Crippen LogP contribution >= 0.6 is 0 Å². The first-order valence-corrected chi connectivity index (χ1v) is 11.5. The van der Waals surface area contributed by atoms with E-state index in [9.17, 15) is 0 Å². The van der Waals surface area contributed by atoms with Crippen molar-refractivity contribution in [3.8, 4) is 22.6 Å². The molecule has 9 heteroatoms. The van der Waals surface area contributed by atoms with Crippen LogP contribution in [0, 0.1) is 0 Å². The summed E-state index contributed by atoms with van der Waals surface area (Å²) in [6.07, 6.45) is 7.93. The molecular formula is C24H27N7O2. The molecule has 33 heavy (non-hydrogen) atoms. The van der Waals surface area contributed by atoms with E-state index in [1.165, 1.54) is 0 Å². The number of pyridine rings is 1. The van der Waals surface area contributed by atoms with Crippen LogP contribution in [0.25, 0.3) is 33.7 Å². The molecule has 2 aliphatic heterocycles. The molecule has 1 aromatic carbocycles. The third kappa shape index (κ3) is 3.94. The third-order valence-corrected chi connectivity index (χ3v) is 6.51. The Bertz CT molecular complexity index is 1270. The number of benzene rings is 1. The Morgan fingerprint density at radius 2 is 1.88 bits per heavy atom. The summed E-state index contributed by atoms with van der Waals surface area (Å²) in [6.45, 7) is 5.29. The van der Waals surface area contributed by atoms with E-state index in [-0.39, 0.29) is 0 Å². The maximum atomic E-state index is 6.23. The van der Waals surface area contributed by atoms with Gasteiger partial charge in [-0.2, -0.15) is 5.10 Å². The fourth-order valence-corrected chi connectivity index (χ4v) is 4.61. The van der Waals surface area contributed by atoms with E-state index in [1.807, 2.05) is 18.3 Å². The first-order chi connectivity index (χ1) is 16.2. The number of piperidine rings is 1. The number of morpholine rings is 1. The quantitative estimate of drug-likeness (QED) is 0.493. The second kappa shape index (κ2) is 8.49. The van der Waals surface area contributed by atoms with Gasteiger partial charge < -0.3 is 25.1 Å². The Balaban J connectivity index is 1.31. The molecule has 4 aromatic rings. The molecule has 0 radical (unpaired) electrons. The highest BCUT2D eigenvalue weighted by atomic mass is 16.5. The molecular weight excluding hydrogens is 418 g/mol. The largest absolute Gasteiger partial charge is 0.436 e. The molecule has 3 aromatic heterocycles. The molecule has 170 valence electrons. The molecule has 0 amide bonds. The highest BCUT2D eigenvalue weighted by molar-refractivity contribution is 5.83. The average molecular weight is 446 g/mol. The normalized spacial score (nSPS) is 17.6. The topological polar surface area (TPSA) is 107 Å². The second-order valence-electron chi connectivity index (χ2n) is 8.62. The number of nitrogen functional groups attached to an aromatic ring is 1. The van der Waals surface area contributed by atoms with Crippen LogP contribution in [0.2, 0.25) is 0 Å². The van der Waals surface area contributed by atoms with Crippen molar-refractivity contribution in [2.75, 3.05) is 50.0 Å². The van der Waals surface area contributed by atoms with Crippen LogP contribution in [-0.2, 0) is 4.74 Å². The minimum absolute atomic E-state index is 0.393. The van der Waals surface area contributed by atoms with Crippen molar-refractivity contribution in [1.82, 2.24) is 25.1 Å². The van der Waals surface area contributed by atoms with Gasteiger partial charge in [-0.25, -0.2) is 9.97 Å². The van der Waals surface area contributed by atoms with Crippen molar-refractivity contribution >= 4 is 22.6 Å². The molecule has 3 N–H and O–H groups in total. The summed E-state index contributed by atoms with van der Waals surface area (Å²) in [4.78, 5) is 11.5. The van der Waals surface area contributed by atoms with Crippen LogP contribution in [0.1, 0.15) is 18.9 Å². The average Bonchev–Trinajstić information content (AvgIpc) is 3.53. The summed E-state index contributed by atoms with van der Waals surface area (Å²) in [6, 6.07) is 8.51. The Hall–Kier alpha value is -3.43. The number of hydrogen-bond acceptors (Lipinski definition) is 8. The van der Waals surface area contributed by atoms with Gasteiger partial charge in [0.25, 0.3) is 0 Å². The summed E-state index contributed by atoms with van der Waals surface area (Å²) in [5, 5.41) is 8.00. The minimum atomic E-state index is 0.393. The first kappa shape index (κ1) is 20.2. The maximum absolute atomic E-state index is 6.23. The van der Waals surface area contributed by atoms with Crippen LogP contribution < -0.4 is 16.0 Å². The van der Waals surface area contributed by atoms with E-state index in [0.717, 1.165) is 80.1 Å². The summed E-state index contributed by atoms with van der Waals surface area (Å²) in [7, 11) is 0. The maximum Gasteiger partial charge on any atom is 0.231 e. The van der Waals surface area contributed by atoms with Crippen molar-refractivity contribution in [1.29, 1.82) is 0 Å². The fourth-order valence-electron chi connectivity index (χ4n) is 4.61. The van der Waals surface area contributed by atoms with Crippen molar-refractivity contribution in [2.45, 2.75) is 18.9 Å². The molecule has 0 aliphatic carbocycles. The molecule has 0 atom stereocenters. The summed E-state index contributed by atoms with van der Waals surface area (Å²) >= 11 is 0. The van der Waals surface area contributed by atoms with Gasteiger partial charge in [0.2, 0.25) is 5.89 Å². The van der Waals surface area contributed by atoms with E-state index < -0.39 is 0 Å². The number of nitrogens with two attached hydrogens (primary N) is 1. The van der Waals surface area contributed by atoms with Gasteiger partial charge >= 0.3 is 0 Å². The lowest BCUT2D eigenvalue weighted by Crippen LogP contribution is -2.36. The molecule has 9 nitrogen and oxygen atoms in total. The number of fused-ring (bicyclic) bond motifs is 1. The molecule has 0 bridgehead atoms. The predicted octanol–water partition coefficient (Wildman–Crippen LogP) is 3.10. The van der Waals surface area contributed by atoms with E-state index in [1.54, 1.807) is 6.20 Å². The van der Waals surface area contributed by atoms with Gasteiger partial charge in [-0.05, 0) is 50.2 Å². The number of nitrogens with zero attached hydrogens (tertiary/aromatic N) is 5. The van der Waals surface area contributed by atoms with E-state index in [4.69, 9.17) is 19.9 Å². The first-order valence-electron chi connectivity index (χ1n) is 11.5. The molecule has 2 aliphatic rings. The summed E-state index contributed by atoms with van der Waals surface area (Å²) in [5.41, 5.74) is 11.5. The van der Waals surface area contributed by atoms with Crippen LogP contribution in [-0.4, -0.2) is 59.1 Å². The van der Waals surface area contributed by atoms with Gasteiger partial charge in [-0.1, -0.05) is 0 Å². The number of rotatable bonds is 4. The van der Waals surface area contributed by atoms with Crippen molar-refractivity contribution in [2.24, 2.45) is 0 Å². The standard InChI is InChI=1S/C24H27N7O2/c25-23-20(11-16(13-27-23)17-14-28-31(15-17)18-3-5-26-6-4-18)24-29-21-12-19(1-2-22(21)33-24)30-7-9-32-10-8-30/h1-2,11-15,18,26H,3-10H2,(H2,25,27). The Kier molecular flexibility index (Phi) is 5.20. The molecule has 2 fully saturated rings. The molecule has 0 saturated carbocycles. The summed E-state index contributed by atoms with van der Waals surface area (Å²) in [5.74, 6) is 0.867. The van der Waals surface area contributed by atoms with E-state index in [0.29, 0.717) is 23.3 Å². The number of oxazole rings is 1. The Morgan fingerprint density at radius 1 is 1.03 bits per heavy atom. The van der Waals surface area contributed by atoms with Crippen molar-refractivity contribution in [3.63, 3.8) is 0 Å². The lowest BCUT2D eigenvalue weighted by Gasteiger charge is -2.28. The number of anilines is 2. The zero-order valence-corrected chi connectivity index (χ0v) is 18.4. The fraction of sp³-hybridized carbons (Fsp3) is 0.375. The van der Waals surface area contributed by atoms with Gasteiger partial charge in [-0.15, -0.1) is 0 Å². The van der Waals surface area contributed by atoms with Crippen LogP contribution in [0.15, 0.2) is 47.3 Å².